The second-order valence-electron chi connectivity index (χ2n) is 7.71. The molecule has 0 saturated heterocycles. The SMILES string of the molecule is CCOC(=O)C1=C(C)N=c2s/c(=C\c3cc([N+](=O)[O-])ccc3O)c(=O)n2[C@H]1c1ccc(C)cc1. The third kappa shape index (κ3) is 4.15. The molecule has 0 aliphatic carbocycles. The zero-order chi connectivity index (χ0) is 24.6. The molecule has 1 aliphatic rings. The summed E-state index contributed by atoms with van der Waals surface area (Å²) in [6, 6.07) is 10.3. The van der Waals surface area contributed by atoms with Crippen LogP contribution in [-0.4, -0.2) is 27.2 Å². The van der Waals surface area contributed by atoms with Crippen molar-refractivity contribution in [1.29, 1.82) is 0 Å². The van der Waals surface area contributed by atoms with Crippen molar-refractivity contribution in [3.63, 3.8) is 0 Å². The van der Waals surface area contributed by atoms with E-state index in [9.17, 15) is 24.8 Å². The number of allylic oxidation sites excluding steroid dienone is 1. The third-order valence-corrected chi connectivity index (χ3v) is 6.40. The van der Waals surface area contributed by atoms with Gasteiger partial charge in [-0.25, -0.2) is 9.79 Å². The number of carbonyl (C=O) groups is 1. The molecule has 0 bridgehead atoms. The topological polar surface area (TPSA) is 124 Å². The van der Waals surface area contributed by atoms with Crippen LogP contribution in [0, 0.1) is 17.0 Å². The van der Waals surface area contributed by atoms with Crippen molar-refractivity contribution < 1.29 is 19.6 Å². The van der Waals surface area contributed by atoms with Crippen LogP contribution in [0.4, 0.5) is 5.69 Å². The maximum Gasteiger partial charge on any atom is 0.338 e. The number of hydrogen-bond acceptors (Lipinski definition) is 8. The van der Waals surface area contributed by atoms with Crippen molar-refractivity contribution in [2.24, 2.45) is 4.99 Å². The van der Waals surface area contributed by atoms with Gasteiger partial charge < -0.3 is 9.84 Å². The van der Waals surface area contributed by atoms with E-state index in [-0.39, 0.29) is 33.7 Å². The van der Waals surface area contributed by atoms with Gasteiger partial charge in [-0.1, -0.05) is 41.2 Å². The van der Waals surface area contributed by atoms with Crippen LogP contribution in [0.3, 0.4) is 0 Å². The number of esters is 1. The fourth-order valence-electron chi connectivity index (χ4n) is 3.77. The van der Waals surface area contributed by atoms with Gasteiger partial charge in [0.2, 0.25) is 0 Å². The van der Waals surface area contributed by atoms with E-state index in [1.54, 1.807) is 13.8 Å². The number of fused-ring (bicyclic) bond motifs is 1. The van der Waals surface area contributed by atoms with Gasteiger partial charge in [0.25, 0.3) is 11.2 Å². The molecular formula is C24H21N3O6S. The number of aromatic nitrogens is 1. The highest BCUT2D eigenvalue weighted by Gasteiger charge is 2.33. The fraction of sp³-hybridized carbons (Fsp3) is 0.208. The number of rotatable bonds is 5. The lowest BCUT2D eigenvalue weighted by molar-refractivity contribution is -0.384. The number of ether oxygens (including phenoxy) is 1. The second kappa shape index (κ2) is 9.06. The Morgan fingerprint density at radius 2 is 1.97 bits per heavy atom. The van der Waals surface area contributed by atoms with Crippen LogP contribution in [-0.2, 0) is 9.53 Å². The van der Waals surface area contributed by atoms with Crippen LogP contribution in [0.2, 0.25) is 0 Å². The maximum absolute atomic E-state index is 13.5. The molecule has 10 heteroatoms. The number of benzene rings is 2. The summed E-state index contributed by atoms with van der Waals surface area (Å²) in [5, 5.41) is 21.3. The number of carbonyl (C=O) groups excluding carboxylic acids is 1. The number of phenolic OH excluding ortho intramolecular Hbond substituents is 1. The van der Waals surface area contributed by atoms with Gasteiger partial charge in [0, 0.05) is 17.7 Å². The highest BCUT2D eigenvalue weighted by molar-refractivity contribution is 7.07. The number of nitro benzene ring substituents is 1. The maximum atomic E-state index is 13.5. The van der Waals surface area contributed by atoms with E-state index in [1.807, 2.05) is 31.2 Å². The van der Waals surface area contributed by atoms with Crippen molar-refractivity contribution in [2.75, 3.05) is 6.61 Å². The Bertz CT molecular complexity index is 1520. The number of thiazole rings is 1. The van der Waals surface area contributed by atoms with Crippen molar-refractivity contribution in [3.05, 3.63) is 100 Å². The van der Waals surface area contributed by atoms with Crippen LogP contribution in [0.15, 0.2) is 63.5 Å². The van der Waals surface area contributed by atoms with E-state index < -0.39 is 22.5 Å². The molecular weight excluding hydrogens is 458 g/mol. The molecule has 1 aromatic heterocycles. The van der Waals surface area contributed by atoms with Gasteiger partial charge in [-0.15, -0.1) is 0 Å². The average Bonchev–Trinajstić information content (AvgIpc) is 3.09. The van der Waals surface area contributed by atoms with Gasteiger partial charge in [-0.05, 0) is 38.5 Å². The second-order valence-corrected chi connectivity index (χ2v) is 8.72. The highest BCUT2D eigenvalue weighted by Crippen LogP contribution is 2.31. The lowest BCUT2D eigenvalue weighted by Gasteiger charge is -2.24. The van der Waals surface area contributed by atoms with E-state index in [1.165, 1.54) is 28.8 Å². The molecule has 0 fully saturated rings. The summed E-state index contributed by atoms with van der Waals surface area (Å²) in [7, 11) is 0. The van der Waals surface area contributed by atoms with Gasteiger partial charge >= 0.3 is 5.97 Å². The van der Waals surface area contributed by atoms with E-state index in [0.717, 1.165) is 16.9 Å². The molecule has 2 aromatic carbocycles. The van der Waals surface area contributed by atoms with Crippen LogP contribution in [0.1, 0.15) is 36.6 Å². The lowest BCUT2D eigenvalue weighted by Crippen LogP contribution is -2.39. The molecule has 4 rings (SSSR count). The normalized spacial score (nSPS) is 15.6. The van der Waals surface area contributed by atoms with Crippen molar-refractivity contribution >= 4 is 29.1 Å². The van der Waals surface area contributed by atoms with Crippen LogP contribution in [0.5, 0.6) is 5.75 Å². The van der Waals surface area contributed by atoms with E-state index in [2.05, 4.69) is 4.99 Å². The summed E-state index contributed by atoms with van der Waals surface area (Å²) in [6.45, 7) is 5.51. The summed E-state index contributed by atoms with van der Waals surface area (Å²) in [5.74, 6) is -0.755. The quantitative estimate of drug-likeness (QED) is 0.341. The Hall–Kier alpha value is -4.05. The summed E-state index contributed by atoms with van der Waals surface area (Å²) >= 11 is 1.07. The molecule has 174 valence electrons. The predicted octanol–water partition coefficient (Wildman–Crippen LogP) is 2.72. The minimum Gasteiger partial charge on any atom is -0.507 e. The Balaban J connectivity index is 1.96. The molecule has 0 amide bonds. The zero-order valence-electron chi connectivity index (χ0n) is 18.6. The Kier molecular flexibility index (Phi) is 6.16. The summed E-state index contributed by atoms with van der Waals surface area (Å²) in [5.41, 5.74) is 1.93. The van der Waals surface area contributed by atoms with E-state index in [0.29, 0.717) is 16.1 Å². The van der Waals surface area contributed by atoms with Crippen molar-refractivity contribution in [3.8, 4) is 5.75 Å². The lowest BCUT2D eigenvalue weighted by atomic mass is 9.95. The minimum atomic E-state index is -0.753. The third-order valence-electron chi connectivity index (χ3n) is 5.42. The molecule has 1 N–H and O–H groups in total. The Morgan fingerprint density at radius 1 is 1.26 bits per heavy atom. The minimum absolute atomic E-state index is 0.132. The molecule has 3 aromatic rings. The first-order chi connectivity index (χ1) is 16.2. The number of aromatic hydroxyl groups is 1. The molecule has 2 heterocycles. The summed E-state index contributed by atoms with van der Waals surface area (Å²) < 4.78 is 6.90. The van der Waals surface area contributed by atoms with Gasteiger partial charge in [0.1, 0.15) is 5.75 Å². The molecule has 1 atom stereocenters. The smallest absolute Gasteiger partial charge is 0.338 e. The number of nitrogens with zero attached hydrogens (tertiary/aromatic N) is 3. The first-order valence-corrected chi connectivity index (χ1v) is 11.3. The van der Waals surface area contributed by atoms with Crippen LogP contribution in [0.25, 0.3) is 6.08 Å². The van der Waals surface area contributed by atoms with E-state index in [4.69, 9.17) is 4.74 Å². The largest absolute Gasteiger partial charge is 0.507 e. The van der Waals surface area contributed by atoms with Gasteiger partial charge in [0.05, 0.1) is 33.4 Å². The molecule has 0 radical (unpaired) electrons. The van der Waals surface area contributed by atoms with Crippen LogP contribution < -0.4 is 14.9 Å². The first-order valence-electron chi connectivity index (χ1n) is 10.4. The summed E-state index contributed by atoms with van der Waals surface area (Å²) in [4.78, 5) is 41.8. The zero-order valence-corrected chi connectivity index (χ0v) is 19.5. The molecule has 0 saturated carbocycles. The number of nitro groups is 1. The predicted molar refractivity (Wildman–Crippen MR) is 126 cm³/mol. The Labute approximate surface area is 197 Å². The molecule has 34 heavy (non-hydrogen) atoms. The van der Waals surface area contributed by atoms with Crippen molar-refractivity contribution in [2.45, 2.75) is 26.8 Å². The number of non-ortho nitro benzene ring substituents is 1. The number of phenols is 1. The first kappa shape index (κ1) is 23.1. The van der Waals surface area contributed by atoms with Gasteiger partial charge in [-0.3, -0.25) is 19.5 Å². The standard InChI is InChI=1S/C24H21N3O6S/c1-4-33-23(30)20-14(3)25-24-26(21(20)15-7-5-13(2)6-8-15)22(29)19(34-24)12-16-11-17(27(31)32)9-10-18(16)28/h5-12,21,28H,4H2,1-3H3/b19-12-/t21-/m0/s1. The number of hydrogen-bond donors (Lipinski definition) is 1. The molecule has 0 spiro atoms. The fourth-order valence-corrected chi connectivity index (χ4v) is 4.81. The monoisotopic (exact) mass is 479 g/mol. The molecule has 0 unspecified atom stereocenters. The molecule has 9 nitrogen and oxygen atoms in total. The van der Waals surface area contributed by atoms with Crippen LogP contribution >= 0.6 is 11.3 Å². The van der Waals surface area contributed by atoms with Crippen molar-refractivity contribution in [1.82, 2.24) is 4.57 Å². The van der Waals surface area contributed by atoms with Gasteiger partial charge in [-0.2, -0.15) is 0 Å². The van der Waals surface area contributed by atoms with E-state index >= 15 is 0 Å². The molecule has 1 aliphatic heterocycles. The highest BCUT2D eigenvalue weighted by atomic mass is 32.1. The van der Waals surface area contributed by atoms with Gasteiger partial charge in [0.15, 0.2) is 4.80 Å². The summed E-state index contributed by atoms with van der Waals surface area (Å²) in [6.07, 6.45) is 1.39. The Morgan fingerprint density at radius 3 is 2.62 bits per heavy atom. The number of aryl methyl sites for hydroxylation is 1. The average molecular weight is 480 g/mol.